The summed E-state index contributed by atoms with van der Waals surface area (Å²) in [6.45, 7) is 3.95. The summed E-state index contributed by atoms with van der Waals surface area (Å²) < 4.78 is 0. The number of aromatic nitrogens is 1. The molecule has 0 spiro atoms. The summed E-state index contributed by atoms with van der Waals surface area (Å²) >= 11 is 0. The van der Waals surface area contributed by atoms with Gasteiger partial charge in [0.25, 0.3) is 5.91 Å². The van der Waals surface area contributed by atoms with Crippen molar-refractivity contribution < 1.29 is 4.79 Å². The number of hydrogen-bond acceptors (Lipinski definition) is 1. The van der Waals surface area contributed by atoms with E-state index >= 15 is 0 Å². The largest absolute Gasteiger partial charge is 0.359 e. The highest BCUT2D eigenvalue weighted by atomic mass is 16.1. The average Bonchev–Trinajstić information content (AvgIpc) is 2.80. The third-order valence-corrected chi connectivity index (χ3v) is 3.44. The smallest absolute Gasteiger partial charge is 0.255 e. The van der Waals surface area contributed by atoms with Crippen LogP contribution in [0.5, 0.6) is 0 Å². The average molecular weight is 264 g/mol. The van der Waals surface area contributed by atoms with Gasteiger partial charge in [0, 0.05) is 22.2 Å². The minimum Gasteiger partial charge on any atom is -0.359 e. The molecule has 20 heavy (non-hydrogen) atoms. The summed E-state index contributed by atoms with van der Waals surface area (Å²) in [5, 5.41) is 4.03. The quantitative estimate of drug-likeness (QED) is 0.721. The molecule has 2 aromatic carbocycles. The van der Waals surface area contributed by atoms with E-state index in [9.17, 15) is 4.79 Å². The van der Waals surface area contributed by atoms with Crippen molar-refractivity contribution in [3.05, 3.63) is 65.4 Å². The van der Waals surface area contributed by atoms with Crippen LogP contribution in [0.25, 0.3) is 10.9 Å². The molecule has 0 aliphatic rings. The summed E-state index contributed by atoms with van der Waals surface area (Å²) in [4.78, 5) is 15.6. The Morgan fingerprint density at radius 2 is 1.85 bits per heavy atom. The first-order valence-corrected chi connectivity index (χ1v) is 6.60. The lowest BCUT2D eigenvalue weighted by atomic mass is 10.1. The summed E-state index contributed by atoms with van der Waals surface area (Å²) in [7, 11) is 0. The number of amides is 1. The van der Waals surface area contributed by atoms with Gasteiger partial charge < -0.3 is 10.3 Å². The first-order chi connectivity index (χ1) is 9.65. The highest BCUT2D eigenvalue weighted by molar-refractivity contribution is 6.09. The third-order valence-electron chi connectivity index (χ3n) is 3.44. The number of carbonyl (C=O) groups excluding carboxylic acids is 1. The van der Waals surface area contributed by atoms with Crippen molar-refractivity contribution in [1.82, 2.24) is 4.98 Å². The van der Waals surface area contributed by atoms with Crippen LogP contribution < -0.4 is 5.32 Å². The molecule has 100 valence electrons. The van der Waals surface area contributed by atoms with Crippen molar-refractivity contribution in [2.45, 2.75) is 13.8 Å². The van der Waals surface area contributed by atoms with E-state index in [0.29, 0.717) is 5.56 Å². The first-order valence-electron chi connectivity index (χ1n) is 6.60. The first kappa shape index (κ1) is 12.5. The molecular weight excluding hydrogens is 248 g/mol. The number of anilines is 1. The molecule has 3 aromatic rings. The van der Waals surface area contributed by atoms with E-state index in [-0.39, 0.29) is 5.91 Å². The number of fused-ring (bicyclic) bond motifs is 1. The van der Waals surface area contributed by atoms with Crippen LogP contribution in [0.3, 0.4) is 0 Å². The Morgan fingerprint density at radius 1 is 1.05 bits per heavy atom. The van der Waals surface area contributed by atoms with Gasteiger partial charge in [0.15, 0.2) is 0 Å². The zero-order valence-corrected chi connectivity index (χ0v) is 11.5. The van der Waals surface area contributed by atoms with Gasteiger partial charge in [-0.05, 0) is 43.7 Å². The third kappa shape index (κ3) is 2.18. The van der Waals surface area contributed by atoms with Crippen molar-refractivity contribution >= 4 is 22.5 Å². The molecule has 0 saturated carbocycles. The summed E-state index contributed by atoms with van der Waals surface area (Å²) in [5.41, 5.74) is 4.63. The normalized spacial score (nSPS) is 10.7. The number of benzene rings is 2. The van der Waals surface area contributed by atoms with E-state index in [4.69, 9.17) is 0 Å². The van der Waals surface area contributed by atoms with Crippen LogP contribution in [0, 0.1) is 13.8 Å². The van der Waals surface area contributed by atoms with E-state index in [1.807, 2.05) is 62.4 Å². The van der Waals surface area contributed by atoms with Crippen LogP contribution in [-0.2, 0) is 0 Å². The molecule has 0 aliphatic heterocycles. The van der Waals surface area contributed by atoms with Gasteiger partial charge in [0.05, 0.1) is 5.69 Å². The summed E-state index contributed by atoms with van der Waals surface area (Å²) in [6.07, 6.45) is 0. The molecule has 0 atom stereocenters. The van der Waals surface area contributed by atoms with Crippen LogP contribution in [0.4, 0.5) is 5.69 Å². The molecule has 1 heterocycles. The standard InChI is InChI=1S/C17H16N2O/c1-11-6-3-4-7-13(11)17(20)19-16-9-5-8-15-14(16)10-12(2)18-15/h3-10,18H,1-2H3,(H,19,20). The highest BCUT2D eigenvalue weighted by Crippen LogP contribution is 2.24. The second-order valence-corrected chi connectivity index (χ2v) is 4.99. The van der Waals surface area contributed by atoms with Gasteiger partial charge >= 0.3 is 0 Å². The van der Waals surface area contributed by atoms with Gasteiger partial charge in [-0.15, -0.1) is 0 Å². The van der Waals surface area contributed by atoms with E-state index in [0.717, 1.165) is 27.8 Å². The molecule has 0 radical (unpaired) electrons. The van der Waals surface area contributed by atoms with Gasteiger partial charge in [-0.3, -0.25) is 4.79 Å². The topological polar surface area (TPSA) is 44.9 Å². The summed E-state index contributed by atoms with van der Waals surface area (Å²) in [6, 6.07) is 15.5. The van der Waals surface area contributed by atoms with E-state index in [2.05, 4.69) is 10.3 Å². The summed E-state index contributed by atoms with van der Waals surface area (Å²) in [5.74, 6) is -0.0746. The fourth-order valence-corrected chi connectivity index (χ4v) is 2.42. The van der Waals surface area contributed by atoms with E-state index in [1.54, 1.807) is 0 Å². The molecule has 0 bridgehead atoms. The second kappa shape index (κ2) is 4.85. The minimum atomic E-state index is -0.0746. The van der Waals surface area contributed by atoms with Crippen LogP contribution in [0.15, 0.2) is 48.5 Å². The number of rotatable bonds is 2. The number of H-pyrrole nitrogens is 1. The van der Waals surface area contributed by atoms with E-state index in [1.165, 1.54) is 0 Å². The molecule has 1 amide bonds. The number of aryl methyl sites for hydroxylation is 2. The molecule has 3 heteroatoms. The zero-order chi connectivity index (χ0) is 14.1. The predicted octanol–water partition coefficient (Wildman–Crippen LogP) is 4.04. The minimum absolute atomic E-state index is 0.0746. The number of nitrogens with one attached hydrogen (secondary N) is 2. The molecule has 1 aromatic heterocycles. The lowest BCUT2D eigenvalue weighted by molar-refractivity contribution is 0.102. The van der Waals surface area contributed by atoms with Crippen LogP contribution in [-0.4, -0.2) is 10.9 Å². The monoisotopic (exact) mass is 264 g/mol. The zero-order valence-electron chi connectivity index (χ0n) is 11.5. The van der Waals surface area contributed by atoms with Crippen LogP contribution >= 0.6 is 0 Å². The number of hydrogen-bond donors (Lipinski definition) is 2. The Bertz CT molecular complexity index is 787. The van der Waals surface area contributed by atoms with Gasteiger partial charge in [-0.1, -0.05) is 24.3 Å². The lowest BCUT2D eigenvalue weighted by Gasteiger charge is -2.08. The SMILES string of the molecule is Cc1cc2c(NC(=O)c3ccccc3C)cccc2[nH]1. The van der Waals surface area contributed by atoms with Crippen molar-refractivity contribution in [3.63, 3.8) is 0 Å². The number of carbonyl (C=O) groups is 1. The second-order valence-electron chi connectivity index (χ2n) is 4.99. The molecule has 0 saturated heterocycles. The van der Waals surface area contributed by atoms with Crippen molar-refractivity contribution in [2.24, 2.45) is 0 Å². The predicted molar refractivity (Wildman–Crippen MR) is 82.2 cm³/mol. The molecular formula is C17H16N2O. The van der Waals surface area contributed by atoms with E-state index < -0.39 is 0 Å². The maximum atomic E-state index is 12.4. The maximum absolute atomic E-state index is 12.4. The van der Waals surface area contributed by atoms with Crippen LogP contribution in [0.1, 0.15) is 21.6 Å². The maximum Gasteiger partial charge on any atom is 0.255 e. The molecule has 3 nitrogen and oxygen atoms in total. The van der Waals surface area contributed by atoms with Gasteiger partial charge in [0.1, 0.15) is 0 Å². The molecule has 0 fully saturated rings. The van der Waals surface area contributed by atoms with Gasteiger partial charge in [0.2, 0.25) is 0 Å². The van der Waals surface area contributed by atoms with Gasteiger partial charge in [-0.2, -0.15) is 0 Å². The molecule has 3 rings (SSSR count). The molecule has 0 unspecified atom stereocenters. The van der Waals surface area contributed by atoms with Crippen molar-refractivity contribution in [1.29, 1.82) is 0 Å². The Kier molecular flexibility index (Phi) is 3.03. The van der Waals surface area contributed by atoms with Gasteiger partial charge in [-0.25, -0.2) is 0 Å². The molecule has 2 N–H and O–H groups in total. The van der Waals surface area contributed by atoms with Crippen molar-refractivity contribution in [2.75, 3.05) is 5.32 Å². The van der Waals surface area contributed by atoms with Crippen LogP contribution in [0.2, 0.25) is 0 Å². The Hall–Kier alpha value is -2.55. The fraction of sp³-hybridized carbons (Fsp3) is 0.118. The highest BCUT2D eigenvalue weighted by Gasteiger charge is 2.10. The Morgan fingerprint density at radius 3 is 2.65 bits per heavy atom. The molecule has 0 aliphatic carbocycles. The Labute approximate surface area is 117 Å². The Balaban J connectivity index is 1.97. The fourth-order valence-electron chi connectivity index (χ4n) is 2.42. The number of aromatic amines is 1. The lowest BCUT2D eigenvalue weighted by Crippen LogP contribution is -2.13. The van der Waals surface area contributed by atoms with Crippen molar-refractivity contribution in [3.8, 4) is 0 Å².